The first-order valence-electron chi connectivity index (χ1n) is 12.4. The molecule has 9 heteroatoms. The zero-order valence-electron chi connectivity index (χ0n) is 20.7. The number of piperidine rings is 1. The minimum absolute atomic E-state index is 0.00444. The van der Waals surface area contributed by atoms with Gasteiger partial charge in [0.05, 0.1) is 12.2 Å². The first kappa shape index (κ1) is 25.3. The summed E-state index contributed by atoms with van der Waals surface area (Å²) in [5.41, 5.74) is 1.90. The van der Waals surface area contributed by atoms with Gasteiger partial charge in [0.25, 0.3) is 0 Å². The van der Waals surface area contributed by atoms with Crippen LogP contribution < -0.4 is 20.1 Å². The molecule has 1 fully saturated rings. The average Bonchev–Trinajstić information content (AvgIpc) is 3.36. The molecule has 0 saturated carbocycles. The maximum absolute atomic E-state index is 12.9. The van der Waals surface area contributed by atoms with Gasteiger partial charge in [-0.3, -0.25) is 4.79 Å². The van der Waals surface area contributed by atoms with Crippen LogP contribution in [0.15, 0.2) is 42.5 Å². The van der Waals surface area contributed by atoms with Gasteiger partial charge < -0.3 is 29.7 Å². The van der Waals surface area contributed by atoms with Crippen molar-refractivity contribution in [1.82, 2.24) is 10.2 Å². The zero-order valence-corrected chi connectivity index (χ0v) is 20.7. The number of hydrogen-bond donors (Lipinski definition) is 2. The summed E-state index contributed by atoms with van der Waals surface area (Å²) in [5.74, 6) is 1.45. The number of benzene rings is 2. The number of anilines is 1. The molecule has 192 valence electrons. The molecule has 9 nitrogen and oxygen atoms in total. The second kappa shape index (κ2) is 11.8. The highest BCUT2D eigenvalue weighted by Gasteiger charge is 2.32. The van der Waals surface area contributed by atoms with Crippen molar-refractivity contribution in [2.45, 2.75) is 39.7 Å². The van der Waals surface area contributed by atoms with Crippen molar-refractivity contribution >= 4 is 23.6 Å². The van der Waals surface area contributed by atoms with Crippen molar-refractivity contribution in [3.63, 3.8) is 0 Å². The number of rotatable bonds is 8. The zero-order chi connectivity index (χ0) is 25.5. The van der Waals surface area contributed by atoms with Crippen molar-refractivity contribution in [3.8, 4) is 11.5 Å². The van der Waals surface area contributed by atoms with Gasteiger partial charge in [0.2, 0.25) is 12.7 Å². The minimum Gasteiger partial charge on any atom is -0.462 e. The lowest BCUT2D eigenvalue weighted by Gasteiger charge is -2.38. The Labute approximate surface area is 211 Å². The van der Waals surface area contributed by atoms with E-state index in [4.69, 9.17) is 14.2 Å². The van der Waals surface area contributed by atoms with E-state index in [-0.39, 0.29) is 30.6 Å². The summed E-state index contributed by atoms with van der Waals surface area (Å²) in [5, 5.41) is 5.89. The molecule has 0 aromatic heterocycles. The Morgan fingerprint density at radius 1 is 1.06 bits per heavy atom. The van der Waals surface area contributed by atoms with Crippen LogP contribution in [0.4, 0.5) is 10.5 Å². The summed E-state index contributed by atoms with van der Waals surface area (Å²) < 4.78 is 15.8. The van der Waals surface area contributed by atoms with Gasteiger partial charge in [-0.15, -0.1) is 0 Å². The van der Waals surface area contributed by atoms with Gasteiger partial charge in [0.1, 0.15) is 0 Å². The molecule has 0 radical (unpaired) electrons. The predicted molar refractivity (Wildman–Crippen MR) is 134 cm³/mol. The molecular weight excluding hydrogens is 462 g/mol. The van der Waals surface area contributed by atoms with Crippen molar-refractivity contribution < 1.29 is 28.6 Å². The number of urea groups is 1. The molecule has 2 aromatic carbocycles. The molecule has 1 saturated heterocycles. The maximum Gasteiger partial charge on any atom is 0.338 e. The summed E-state index contributed by atoms with van der Waals surface area (Å²) in [4.78, 5) is 39.3. The summed E-state index contributed by atoms with van der Waals surface area (Å²) in [6.07, 6.45) is 2.06. The molecule has 2 aliphatic heterocycles. The largest absolute Gasteiger partial charge is 0.462 e. The molecular formula is C27H33N3O6. The standard InChI is InChI=1S/C27H33N3O6/c1-3-19-16-30(27(33)29-22-7-5-6-21(13-22)26(32)34-4-2)11-10-20(19)14-25(31)28-15-18-8-9-23-24(12-18)36-17-35-23/h5-9,12-13,19-20H,3-4,10-11,14-17H2,1-2H3,(H,28,31)(H,29,33)/t19-,20+/m1/s1. The minimum atomic E-state index is -0.419. The van der Waals surface area contributed by atoms with Crippen molar-refractivity contribution in [2.75, 3.05) is 31.8 Å². The Morgan fingerprint density at radius 2 is 1.89 bits per heavy atom. The Kier molecular flexibility index (Phi) is 8.30. The third-order valence-electron chi connectivity index (χ3n) is 6.70. The lowest BCUT2D eigenvalue weighted by Crippen LogP contribution is -2.46. The number of fused-ring (bicyclic) bond motifs is 1. The van der Waals surface area contributed by atoms with Crippen molar-refractivity contribution in [1.29, 1.82) is 0 Å². The highest BCUT2D eigenvalue weighted by atomic mass is 16.7. The first-order chi connectivity index (χ1) is 17.5. The number of hydrogen-bond acceptors (Lipinski definition) is 6. The topological polar surface area (TPSA) is 106 Å². The van der Waals surface area contributed by atoms with E-state index in [1.54, 1.807) is 36.1 Å². The highest BCUT2D eigenvalue weighted by Crippen LogP contribution is 2.33. The maximum atomic E-state index is 12.9. The fourth-order valence-corrected chi connectivity index (χ4v) is 4.70. The number of carbonyl (C=O) groups is 3. The Hall–Kier alpha value is -3.75. The van der Waals surface area contributed by atoms with Crippen LogP contribution in [0, 0.1) is 11.8 Å². The van der Waals surface area contributed by atoms with E-state index in [0.717, 1.165) is 24.2 Å². The van der Waals surface area contributed by atoms with Gasteiger partial charge in [-0.05, 0) is 61.1 Å². The Bertz CT molecular complexity index is 1100. The van der Waals surface area contributed by atoms with E-state index in [0.29, 0.717) is 49.7 Å². The predicted octanol–water partition coefficient (Wildman–Crippen LogP) is 4.18. The number of amides is 3. The molecule has 0 bridgehead atoms. The molecule has 4 rings (SSSR count). The van der Waals surface area contributed by atoms with E-state index in [1.807, 2.05) is 18.2 Å². The van der Waals surface area contributed by atoms with Crippen molar-refractivity contribution in [2.24, 2.45) is 11.8 Å². The van der Waals surface area contributed by atoms with E-state index < -0.39 is 5.97 Å². The van der Waals surface area contributed by atoms with Crippen LogP contribution in [0.3, 0.4) is 0 Å². The van der Waals surface area contributed by atoms with Gasteiger partial charge in [-0.25, -0.2) is 9.59 Å². The number of nitrogens with zero attached hydrogens (tertiary/aromatic N) is 1. The van der Waals surface area contributed by atoms with Gasteiger partial charge in [0.15, 0.2) is 11.5 Å². The van der Waals surface area contributed by atoms with E-state index in [1.165, 1.54) is 0 Å². The molecule has 2 aromatic rings. The first-order valence-corrected chi connectivity index (χ1v) is 12.4. The van der Waals surface area contributed by atoms with Crippen LogP contribution in [0.1, 0.15) is 49.0 Å². The molecule has 2 atom stereocenters. The fourth-order valence-electron chi connectivity index (χ4n) is 4.70. The van der Waals surface area contributed by atoms with Crippen molar-refractivity contribution in [3.05, 3.63) is 53.6 Å². The molecule has 2 heterocycles. The number of esters is 1. The number of likely N-dealkylation sites (tertiary alicyclic amines) is 1. The van der Waals surface area contributed by atoms with Gasteiger partial charge in [-0.2, -0.15) is 0 Å². The molecule has 0 spiro atoms. The lowest BCUT2D eigenvalue weighted by atomic mass is 9.81. The second-order valence-corrected chi connectivity index (χ2v) is 9.06. The number of carbonyl (C=O) groups excluding carboxylic acids is 3. The van der Waals surface area contributed by atoms with Crippen LogP contribution in [0.5, 0.6) is 11.5 Å². The van der Waals surface area contributed by atoms with Crippen LogP contribution in [-0.4, -0.2) is 49.3 Å². The van der Waals surface area contributed by atoms with Gasteiger partial charge in [-0.1, -0.05) is 25.5 Å². The van der Waals surface area contributed by atoms with E-state index in [9.17, 15) is 14.4 Å². The molecule has 0 unspecified atom stereocenters. The van der Waals surface area contributed by atoms with Gasteiger partial charge >= 0.3 is 12.0 Å². The molecule has 36 heavy (non-hydrogen) atoms. The molecule has 0 aliphatic carbocycles. The van der Waals surface area contributed by atoms with Gasteiger partial charge in [0, 0.05) is 31.7 Å². The van der Waals surface area contributed by atoms with E-state index in [2.05, 4.69) is 17.6 Å². The molecule has 2 aliphatic rings. The second-order valence-electron chi connectivity index (χ2n) is 9.06. The Balaban J connectivity index is 1.27. The fraction of sp³-hybridized carbons (Fsp3) is 0.444. The quantitative estimate of drug-likeness (QED) is 0.532. The SMILES string of the molecule is CCOC(=O)c1cccc(NC(=O)N2CC[C@@H](CC(=O)NCc3ccc4c(c3)OCO4)[C@H](CC)C2)c1. The van der Waals surface area contributed by atoms with Crippen LogP contribution in [-0.2, 0) is 16.1 Å². The highest BCUT2D eigenvalue weighted by molar-refractivity contribution is 5.94. The molecule has 3 amide bonds. The average molecular weight is 496 g/mol. The molecule has 2 N–H and O–H groups in total. The van der Waals surface area contributed by atoms with Crippen LogP contribution in [0.2, 0.25) is 0 Å². The summed E-state index contributed by atoms with van der Waals surface area (Å²) >= 11 is 0. The summed E-state index contributed by atoms with van der Waals surface area (Å²) in [6.45, 7) is 5.94. The third kappa shape index (κ3) is 6.27. The number of nitrogens with one attached hydrogen (secondary N) is 2. The number of ether oxygens (including phenoxy) is 3. The normalized spacial score (nSPS) is 18.4. The summed E-state index contributed by atoms with van der Waals surface area (Å²) in [6, 6.07) is 12.2. The van der Waals surface area contributed by atoms with E-state index >= 15 is 0 Å². The monoisotopic (exact) mass is 495 g/mol. The smallest absolute Gasteiger partial charge is 0.338 e. The Morgan fingerprint density at radius 3 is 2.69 bits per heavy atom. The van der Waals surface area contributed by atoms with Crippen LogP contribution in [0.25, 0.3) is 0 Å². The lowest BCUT2D eigenvalue weighted by molar-refractivity contribution is -0.123. The third-order valence-corrected chi connectivity index (χ3v) is 6.70. The van der Waals surface area contributed by atoms with Crippen LogP contribution >= 0.6 is 0 Å². The summed E-state index contributed by atoms with van der Waals surface area (Å²) in [7, 11) is 0.